The van der Waals surface area contributed by atoms with Crippen LogP contribution in [-0.2, 0) is 4.79 Å². The molecule has 0 aliphatic rings. The molecule has 27 heavy (non-hydrogen) atoms. The number of rotatable bonds is 6. The van der Waals surface area contributed by atoms with E-state index in [9.17, 15) is 9.18 Å². The number of nitrogens with one attached hydrogen (secondary N) is 1. The highest BCUT2D eigenvalue weighted by Gasteiger charge is 2.19. The molecule has 0 fully saturated rings. The first kappa shape index (κ1) is 18.8. The highest BCUT2D eigenvalue weighted by molar-refractivity contribution is 5.91. The van der Waals surface area contributed by atoms with E-state index in [0.29, 0.717) is 0 Å². The van der Waals surface area contributed by atoms with Crippen molar-refractivity contribution in [3.05, 3.63) is 101 Å². The number of amides is 1. The highest BCUT2D eigenvalue weighted by atomic mass is 19.1. The summed E-state index contributed by atoms with van der Waals surface area (Å²) in [6.45, 7) is 4.06. The smallest absolute Gasteiger partial charge is 0.279 e. The number of halogens is 1. The van der Waals surface area contributed by atoms with Gasteiger partial charge in [0, 0.05) is 11.1 Å². The number of benzene rings is 3. The first-order valence-corrected chi connectivity index (χ1v) is 9.04. The summed E-state index contributed by atoms with van der Waals surface area (Å²) in [7, 11) is 0. The normalized spacial score (nSPS) is 11.8. The van der Waals surface area contributed by atoms with Gasteiger partial charge in [0.15, 0.2) is 6.54 Å². The minimum absolute atomic E-state index is 0.000384. The van der Waals surface area contributed by atoms with Crippen LogP contribution in [0.5, 0.6) is 0 Å². The molecular formula is C23H24FN2O+. The fourth-order valence-corrected chi connectivity index (χ4v) is 3.05. The minimum Gasteiger partial charge on any atom is -0.328 e. The maximum absolute atomic E-state index is 14.0. The maximum Gasteiger partial charge on any atom is 0.279 e. The van der Waals surface area contributed by atoms with Crippen molar-refractivity contribution < 1.29 is 14.5 Å². The number of nitrogens with two attached hydrogens (primary N) is 1. The Balaban J connectivity index is 1.72. The summed E-state index contributed by atoms with van der Waals surface area (Å²) in [5, 5.41) is 4.63. The quantitative estimate of drug-likeness (QED) is 0.689. The molecule has 0 aliphatic heterocycles. The van der Waals surface area contributed by atoms with Crippen molar-refractivity contribution in [1.29, 1.82) is 0 Å². The molecule has 0 aromatic heterocycles. The zero-order chi connectivity index (χ0) is 19.2. The Hall–Kier alpha value is -2.98. The number of anilines is 1. The SMILES string of the molecule is Cc1ccc([C@@H]([NH2+]CC(=O)Nc2ccc(C)cc2F)c2ccccc2)cc1. The van der Waals surface area contributed by atoms with E-state index in [1.54, 1.807) is 12.1 Å². The third-order valence-electron chi connectivity index (χ3n) is 4.53. The van der Waals surface area contributed by atoms with Gasteiger partial charge in [0.1, 0.15) is 11.9 Å². The van der Waals surface area contributed by atoms with Crippen molar-refractivity contribution in [2.75, 3.05) is 11.9 Å². The van der Waals surface area contributed by atoms with Gasteiger partial charge in [0.05, 0.1) is 5.69 Å². The van der Waals surface area contributed by atoms with Gasteiger partial charge < -0.3 is 10.6 Å². The van der Waals surface area contributed by atoms with E-state index >= 15 is 0 Å². The monoisotopic (exact) mass is 363 g/mol. The van der Waals surface area contributed by atoms with Crippen LogP contribution >= 0.6 is 0 Å². The molecule has 1 amide bonds. The minimum atomic E-state index is -0.415. The number of hydrogen-bond acceptors (Lipinski definition) is 1. The van der Waals surface area contributed by atoms with Crippen molar-refractivity contribution in [1.82, 2.24) is 0 Å². The van der Waals surface area contributed by atoms with E-state index < -0.39 is 5.82 Å². The second kappa shape index (κ2) is 8.60. The topological polar surface area (TPSA) is 45.7 Å². The van der Waals surface area contributed by atoms with Crippen LogP contribution in [0.1, 0.15) is 28.3 Å². The number of aryl methyl sites for hydroxylation is 2. The molecule has 3 rings (SSSR count). The first-order chi connectivity index (χ1) is 13.0. The van der Waals surface area contributed by atoms with Crippen molar-refractivity contribution >= 4 is 11.6 Å². The van der Waals surface area contributed by atoms with Crippen LogP contribution in [0.25, 0.3) is 0 Å². The van der Waals surface area contributed by atoms with Crippen LogP contribution < -0.4 is 10.6 Å². The lowest BCUT2D eigenvalue weighted by Gasteiger charge is -2.17. The zero-order valence-corrected chi connectivity index (χ0v) is 15.6. The largest absolute Gasteiger partial charge is 0.328 e. The molecule has 0 radical (unpaired) electrons. The summed E-state index contributed by atoms with van der Waals surface area (Å²) in [5.41, 5.74) is 4.47. The molecule has 0 unspecified atom stereocenters. The molecule has 0 spiro atoms. The number of carbonyl (C=O) groups excluding carboxylic acids is 1. The summed E-state index contributed by atoms with van der Waals surface area (Å²) in [6, 6.07) is 23.2. The summed E-state index contributed by atoms with van der Waals surface area (Å²) < 4.78 is 14.0. The lowest BCUT2D eigenvalue weighted by molar-refractivity contribution is -0.676. The molecule has 0 saturated heterocycles. The van der Waals surface area contributed by atoms with E-state index in [2.05, 4.69) is 48.6 Å². The molecule has 0 aliphatic carbocycles. The Morgan fingerprint density at radius 3 is 2.22 bits per heavy atom. The standard InChI is InChI=1S/C23H23FN2O/c1-16-8-11-19(12-9-16)23(18-6-4-3-5-7-18)25-15-22(27)26-21-13-10-17(2)14-20(21)24/h3-14,23,25H,15H2,1-2H3,(H,26,27)/p+1/t23-/m0/s1. The van der Waals surface area contributed by atoms with Gasteiger partial charge in [-0.25, -0.2) is 4.39 Å². The fourth-order valence-electron chi connectivity index (χ4n) is 3.05. The molecule has 4 heteroatoms. The van der Waals surface area contributed by atoms with Crippen molar-refractivity contribution in [3.8, 4) is 0 Å². The molecular weight excluding hydrogens is 339 g/mol. The Labute approximate surface area is 159 Å². The van der Waals surface area contributed by atoms with Crippen molar-refractivity contribution in [3.63, 3.8) is 0 Å². The number of carbonyl (C=O) groups is 1. The second-order valence-electron chi connectivity index (χ2n) is 6.77. The van der Waals surface area contributed by atoms with Crippen LogP contribution in [-0.4, -0.2) is 12.5 Å². The first-order valence-electron chi connectivity index (χ1n) is 9.04. The van der Waals surface area contributed by atoms with E-state index in [4.69, 9.17) is 0 Å². The molecule has 0 heterocycles. The Morgan fingerprint density at radius 1 is 0.926 bits per heavy atom. The predicted molar refractivity (Wildman–Crippen MR) is 106 cm³/mol. The second-order valence-corrected chi connectivity index (χ2v) is 6.77. The van der Waals surface area contributed by atoms with E-state index in [1.807, 2.05) is 30.4 Å². The van der Waals surface area contributed by atoms with Crippen molar-refractivity contribution in [2.45, 2.75) is 19.9 Å². The third kappa shape index (κ3) is 5.02. The molecule has 3 N–H and O–H groups in total. The Kier molecular flexibility index (Phi) is 5.99. The van der Waals surface area contributed by atoms with Gasteiger partial charge in [-0.2, -0.15) is 0 Å². The number of hydrogen-bond donors (Lipinski definition) is 2. The molecule has 3 nitrogen and oxygen atoms in total. The maximum atomic E-state index is 14.0. The van der Waals surface area contributed by atoms with Gasteiger partial charge in [-0.3, -0.25) is 4.79 Å². The van der Waals surface area contributed by atoms with Gasteiger partial charge in [0.2, 0.25) is 0 Å². The van der Waals surface area contributed by atoms with Crippen LogP contribution in [0, 0.1) is 19.7 Å². The summed E-state index contributed by atoms with van der Waals surface area (Å²) in [4.78, 5) is 12.4. The van der Waals surface area contributed by atoms with Crippen LogP contribution in [0.3, 0.4) is 0 Å². The van der Waals surface area contributed by atoms with Crippen LogP contribution in [0.15, 0.2) is 72.8 Å². The van der Waals surface area contributed by atoms with Gasteiger partial charge in [-0.1, -0.05) is 66.2 Å². The predicted octanol–water partition coefficient (Wildman–Crippen LogP) is 3.73. The average molecular weight is 363 g/mol. The van der Waals surface area contributed by atoms with E-state index in [1.165, 1.54) is 11.6 Å². The molecule has 1 atom stereocenters. The van der Waals surface area contributed by atoms with Gasteiger partial charge >= 0.3 is 0 Å². The van der Waals surface area contributed by atoms with Gasteiger partial charge in [-0.05, 0) is 31.5 Å². The molecule has 3 aromatic carbocycles. The summed E-state index contributed by atoms with van der Waals surface area (Å²) in [5.74, 6) is -0.646. The average Bonchev–Trinajstić information content (AvgIpc) is 2.66. The zero-order valence-electron chi connectivity index (χ0n) is 15.6. The molecule has 3 aromatic rings. The highest BCUT2D eigenvalue weighted by Crippen LogP contribution is 2.19. The molecule has 0 bridgehead atoms. The molecule has 0 saturated carbocycles. The third-order valence-corrected chi connectivity index (χ3v) is 4.53. The lowest BCUT2D eigenvalue weighted by Crippen LogP contribution is -2.87. The van der Waals surface area contributed by atoms with Crippen LogP contribution in [0.4, 0.5) is 10.1 Å². The van der Waals surface area contributed by atoms with E-state index in [-0.39, 0.29) is 24.2 Å². The van der Waals surface area contributed by atoms with Crippen LogP contribution in [0.2, 0.25) is 0 Å². The van der Waals surface area contributed by atoms with Gasteiger partial charge in [0.25, 0.3) is 5.91 Å². The number of quaternary nitrogens is 1. The van der Waals surface area contributed by atoms with Crippen molar-refractivity contribution in [2.24, 2.45) is 0 Å². The molecule has 138 valence electrons. The Morgan fingerprint density at radius 2 is 1.56 bits per heavy atom. The summed E-state index contributed by atoms with van der Waals surface area (Å²) in [6.07, 6.45) is 0. The van der Waals surface area contributed by atoms with E-state index in [0.717, 1.165) is 16.7 Å². The van der Waals surface area contributed by atoms with Gasteiger partial charge in [-0.15, -0.1) is 0 Å². The fraction of sp³-hybridized carbons (Fsp3) is 0.174. The Bertz CT molecular complexity index is 907. The summed E-state index contributed by atoms with van der Waals surface area (Å²) >= 11 is 0. The lowest BCUT2D eigenvalue weighted by atomic mass is 9.98.